The van der Waals surface area contributed by atoms with Crippen LogP contribution in [0.1, 0.15) is 70.9 Å². The number of carbonyl (C=O) groups is 1. The molecule has 0 aliphatic heterocycles. The first-order valence-electron chi connectivity index (χ1n) is 10.2. The summed E-state index contributed by atoms with van der Waals surface area (Å²) in [4.78, 5) is 13.5. The van der Waals surface area contributed by atoms with Crippen molar-refractivity contribution >= 4 is 5.78 Å². The molecule has 1 atom stereocenters. The minimum atomic E-state index is -0.491. The van der Waals surface area contributed by atoms with Crippen LogP contribution in [0, 0.1) is 5.92 Å². The molecule has 0 spiro atoms. The first-order valence-corrected chi connectivity index (χ1v) is 10.2. The molecule has 0 N–H and O–H groups in total. The Morgan fingerprint density at radius 1 is 1.07 bits per heavy atom. The van der Waals surface area contributed by atoms with Crippen molar-refractivity contribution in [3.05, 3.63) is 29.3 Å². The van der Waals surface area contributed by atoms with Gasteiger partial charge in [0.25, 0.3) is 0 Å². The van der Waals surface area contributed by atoms with Crippen molar-refractivity contribution in [2.24, 2.45) is 5.92 Å². The number of carbonyl (C=O) groups excluding carboxylic acids is 1. The lowest BCUT2D eigenvalue weighted by molar-refractivity contribution is -0.129. The van der Waals surface area contributed by atoms with Gasteiger partial charge >= 0.3 is 0 Å². The zero-order valence-corrected chi connectivity index (χ0v) is 18.3. The highest BCUT2D eigenvalue weighted by Gasteiger charge is 2.41. The molecule has 1 aromatic carbocycles. The van der Waals surface area contributed by atoms with Gasteiger partial charge in [0.1, 0.15) is 11.5 Å². The van der Waals surface area contributed by atoms with Crippen LogP contribution in [0.5, 0.6) is 5.75 Å². The summed E-state index contributed by atoms with van der Waals surface area (Å²) in [6, 6.07) is 6.18. The number of aryl methyl sites for hydroxylation is 1. The van der Waals surface area contributed by atoms with Crippen LogP contribution in [0.2, 0.25) is 0 Å². The largest absolute Gasteiger partial charge is 0.497 e. The van der Waals surface area contributed by atoms with Crippen LogP contribution in [0.3, 0.4) is 0 Å². The molecule has 154 valence electrons. The van der Waals surface area contributed by atoms with E-state index in [9.17, 15) is 4.79 Å². The second-order valence-electron chi connectivity index (χ2n) is 7.52. The van der Waals surface area contributed by atoms with Crippen LogP contribution in [-0.2, 0) is 26.1 Å². The second-order valence-corrected chi connectivity index (χ2v) is 7.52. The van der Waals surface area contributed by atoms with Gasteiger partial charge in [-0.05, 0) is 55.4 Å². The van der Waals surface area contributed by atoms with E-state index >= 15 is 0 Å². The fourth-order valence-electron chi connectivity index (χ4n) is 4.09. The van der Waals surface area contributed by atoms with Gasteiger partial charge in [0, 0.05) is 20.1 Å². The molecule has 0 amide bonds. The highest BCUT2D eigenvalue weighted by Crippen LogP contribution is 2.41. The molecule has 0 bridgehead atoms. The minimum Gasteiger partial charge on any atom is -0.497 e. The summed E-state index contributed by atoms with van der Waals surface area (Å²) in [5.41, 5.74) is 1.87. The summed E-state index contributed by atoms with van der Waals surface area (Å²) >= 11 is 0. The fourth-order valence-corrected chi connectivity index (χ4v) is 4.09. The highest BCUT2D eigenvalue weighted by atomic mass is 16.7. The third-order valence-corrected chi connectivity index (χ3v) is 5.46. The van der Waals surface area contributed by atoms with E-state index < -0.39 is 5.41 Å². The van der Waals surface area contributed by atoms with Crippen LogP contribution >= 0.6 is 0 Å². The van der Waals surface area contributed by atoms with Gasteiger partial charge < -0.3 is 14.2 Å². The molecule has 0 aliphatic carbocycles. The standard InChI is InChI=1S/C23H38O4/c1-8-14-23(22(24)17(3)4,15-10-11-21(26-6)27-7)20-16-19(25-5)13-12-18(20)9-2/h12-13,16-17,21H,8-11,14-15H2,1-7H3/t23-/m1/s1. The van der Waals surface area contributed by atoms with Crippen LogP contribution in [-0.4, -0.2) is 33.4 Å². The molecule has 0 heterocycles. The maximum atomic E-state index is 13.5. The SMILES string of the molecule is CCC[C@](CCCC(OC)OC)(C(=O)C(C)C)c1cc(OC)ccc1CC. The zero-order valence-electron chi connectivity index (χ0n) is 18.3. The van der Waals surface area contributed by atoms with Gasteiger partial charge in [-0.1, -0.05) is 40.2 Å². The Balaban J connectivity index is 3.41. The van der Waals surface area contributed by atoms with Gasteiger partial charge in [0.2, 0.25) is 0 Å². The average molecular weight is 379 g/mol. The van der Waals surface area contributed by atoms with E-state index in [-0.39, 0.29) is 12.2 Å². The molecule has 0 unspecified atom stereocenters. The summed E-state index contributed by atoms with van der Waals surface area (Å²) < 4.78 is 16.2. The molecule has 0 fully saturated rings. The monoisotopic (exact) mass is 378 g/mol. The number of rotatable bonds is 13. The molecule has 4 heteroatoms. The van der Waals surface area contributed by atoms with E-state index in [4.69, 9.17) is 14.2 Å². The smallest absolute Gasteiger partial charge is 0.156 e. The van der Waals surface area contributed by atoms with Gasteiger partial charge in [-0.2, -0.15) is 0 Å². The van der Waals surface area contributed by atoms with Crippen molar-refractivity contribution < 1.29 is 19.0 Å². The number of benzene rings is 1. The van der Waals surface area contributed by atoms with Gasteiger partial charge in [-0.25, -0.2) is 0 Å². The molecule has 0 saturated carbocycles. The number of hydrogen-bond donors (Lipinski definition) is 0. The van der Waals surface area contributed by atoms with Crippen molar-refractivity contribution in [2.75, 3.05) is 21.3 Å². The summed E-state index contributed by atoms with van der Waals surface area (Å²) in [5.74, 6) is 1.11. The molecule has 27 heavy (non-hydrogen) atoms. The van der Waals surface area contributed by atoms with Crippen molar-refractivity contribution in [1.29, 1.82) is 0 Å². The predicted molar refractivity (Wildman–Crippen MR) is 110 cm³/mol. The van der Waals surface area contributed by atoms with Gasteiger partial charge in [-0.3, -0.25) is 4.79 Å². The van der Waals surface area contributed by atoms with Gasteiger partial charge in [0.05, 0.1) is 12.5 Å². The summed E-state index contributed by atoms with van der Waals surface area (Å²) in [5, 5.41) is 0. The lowest BCUT2D eigenvalue weighted by atomic mass is 9.66. The Kier molecular flexibility index (Phi) is 10.0. The Labute approximate surface area is 165 Å². The summed E-state index contributed by atoms with van der Waals surface area (Å²) in [6.45, 7) is 8.31. The normalized spacial score (nSPS) is 13.8. The third kappa shape index (κ3) is 5.79. The Morgan fingerprint density at radius 2 is 1.74 bits per heavy atom. The van der Waals surface area contributed by atoms with E-state index in [1.54, 1.807) is 21.3 Å². The topological polar surface area (TPSA) is 44.8 Å². The third-order valence-electron chi connectivity index (χ3n) is 5.46. The number of ketones is 1. The van der Waals surface area contributed by atoms with Crippen molar-refractivity contribution in [1.82, 2.24) is 0 Å². The summed E-state index contributed by atoms with van der Waals surface area (Å²) in [6.07, 6.45) is 4.90. The first kappa shape index (κ1) is 23.6. The van der Waals surface area contributed by atoms with E-state index in [0.717, 1.165) is 49.8 Å². The van der Waals surface area contributed by atoms with Crippen LogP contribution < -0.4 is 4.74 Å². The Hall–Kier alpha value is -1.39. The van der Waals surface area contributed by atoms with E-state index in [1.807, 2.05) is 19.9 Å². The quantitative estimate of drug-likeness (QED) is 0.436. The predicted octanol–water partition coefficient (Wildman–Crippen LogP) is 5.31. The fraction of sp³-hybridized carbons (Fsp3) is 0.696. The maximum absolute atomic E-state index is 13.5. The first-order chi connectivity index (χ1) is 12.9. The number of ether oxygens (including phenoxy) is 3. The van der Waals surface area contributed by atoms with E-state index in [0.29, 0.717) is 5.78 Å². The number of methoxy groups -OCH3 is 3. The Bertz CT molecular complexity index is 578. The number of Topliss-reactive ketones (excluding diaryl/α,β-unsaturated/α-hetero) is 1. The highest BCUT2D eigenvalue weighted by molar-refractivity contribution is 5.92. The van der Waals surface area contributed by atoms with E-state index in [2.05, 4.69) is 26.0 Å². The van der Waals surface area contributed by atoms with Crippen molar-refractivity contribution in [3.63, 3.8) is 0 Å². The molecule has 0 aromatic heterocycles. The van der Waals surface area contributed by atoms with Crippen LogP contribution in [0.4, 0.5) is 0 Å². The molecule has 1 aromatic rings. The molecular formula is C23H38O4. The lowest BCUT2D eigenvalue weighted by Gasteiger charge is -2.36. The second kappa shape index (κ2) is 11.5. The van der Waals surface area contributed by atoms with Crippen molar-refractivity contribution in [2.45, 2.75) is 77.9 Å². The molecule has 4 nitrogen and oxygen atoms in total. The maximum Gasteiger partial charge on any atom is 0.156 e. The van der Waals surface area contributed by atoms with Crippen molar-refractivity contribution in [3.8, 4) is 5.75 Å². The van der Waals surface area contributed by atoms with Gasteiger partial charge in [0.15, 0.2) is 6.29 Å². The van der Waals surface area contributed by atoms with Gasteiger partial charge in [-0.15, -0.1) is 0 Å². The van der Waals surface area contributed by atoms with E-state index in [1.165, 1.54) is 5.56 Å². The lowest BCUT2D eigenvalue weighted by Crippen LogP contribution is -2.40. The average Bonchev–Trinajstić information content (AvgIpc) is 2.69. The molecular weight excluding hydrogens is 340 g/mol. The molecule has 0 radical (unpaired) electrons. The van der Waals surface area contributed by atoms with Crippen LogP contribution in [0.15, 0.2) is 18.2 Å². The molecule has 0 aliphatic rings. The molecule has 1 rings (SSSR count). The van der Waals surface area contributed by atoms with Crippen LogP contribution in [0.25, 0.3) is 0 Å². The Morgan fingerprint density at radius 3 is 2.22 bits per heavy atom. The summed E-state index contributed by atoms with van der Waals surface area (Å²) in [7, 11) is 4.99. The number of hydrogen-bond acceptors (Lipinski definition) is 4. The minimum absolute atomic E-state index is 0.0203. The molecule has 0 saturated heterocycles. The zero-order chi connectivity index (χ0) is 20.4.